The van der Waals surface area contributed by atoms with E-state index in [1.54, 1.807) is 80.8 Å². The number of nitrogens with zero attached hydrogens (tertiary/aromatic N) is 2. The smallest absolute Gasteiger partial charge is 0.338 e. The molecule has 0 amide bonds. The molecule has 33 heavy (non-hydrogen) atoms. The molecule has 3 aromatic rings. The summed E-state index contributed by atoms with van der Waals surface area (Å²) in [6.45, 7) is 3.68. The number of rotatable bonds is 6. The second kappa shape index (κ2) is 9.43. The Bertz CT molecular complexity index is 1230. The number of pyridine rings is 1. The number of hydrogen-bond acceptors (Lipinski definition) is 6. The Kier molecular flexibility index (Phi) is 6.60. The number of aliphatic hydroxyl groups excluding tert-OH is 1. The summed E-state index contributed by atoms with van der Waals surface area (Å²) in [5, 5.41) is 11.2. The first-order chi connectivity index (χ1) is 15.8. The third-order valence-electron chi connectivity index (χ3n) is 5.62. The van der Waals surface area contributed by atoms with Crippen molar-refractivity contribution in [1.29, 1.82) is 0 Å². The van der Waals surface area contributed by atoms with E-state index in [9.17, 15) is 18.3 Å². The summed E-state index contributed by atoms with van der Waals surface area (Å²) in [4.78, 5) is 16.2. The van der Waals surface area contributed by atoms with Crippen LogP contribution in [0.5, 0.6) is 0 Å². The van der Waals surface area contributed by atoms with Gasteiger partial charge in [-0.2, -0.15) is 4.31 Å². The molecule has 0 bridgehead atoms. The van der Waals surface area contributed by atoms with E-state index in [0.717, 1.165) is 11.1 Å². The van der Waals surface area contributed by atoms with E-state index in [1.807, 2.05) is 0 Å². The van der Waals surface area contributed by atoms with Crippen LogP contribution in [0.2, 0.25) is 0 Å². The maximum Gasteiger partial charge on any atom is 0.338 e. The fourth-order valence-electron chi connectivity index (χ4n) is 4.01. The van der Waals surface area contributed by atoms with Crippen LogP contribution < -0.4 is 0 Å². The topological polar surface area (TPSA) is 96.8 Å². The third kappa shape index (κ3) is 4.83. The Balaban J connectivity index is 1.67. The average Bonchev–Trinajstić information content (AvgIpc) is 2.80. The van der Waals surface area contributed by atoms with Crippen LogP contribution in [0, 0.1) is 0 Å². The minimum Gasteiger partial charge on any atom is -0.459 e. The molecule has 2 aromatic carbocycles. The summed E-state index contributed by atoms with van der Waals surface area (Å²) in [6.07, 6.45) is 2.28. The molecular weight excluding hydrogens is 440 g/mol. The monoisotopic (exact) mass is 466 g/mol. The first-order valence-electron chi connectivity index (χ1n) is 10.7. The lowest BCUT2D eigenvalue weighted by atomic mass is 9.95. The minimum atomic E-state index is -3.84. The van der Waals surface area contributed by atoms with Crippen LogP contribution in [0.3, 0.4) is 0 Å². The number of fused-ring (bicyclic) bond motifs is 1. The lowest BCUT2D eigenvalue weighted by Gasteiger charge is -2.39. The Hall–Kier alpha value is -3.07. The van der Waals surface area contributed by atoms with Crippen molar-refractivity contribution in [3.63, 3.8) is 0 Å². The zero-order valence-electron chi connectivity index (χ0n) is 18.5. The fourth-order valence-corrected chi connectivity index (χ4v) is 5.87. The number of carbonyl (C=O) groups is 1. The molecular formula is C25H26N2O5S. The highest BCUT2D eigenvalue weighted by atomic mass is 32.2. The zero-order chi connectivity index (χ0) is 23.6. The molecule has 0 fully saturated rings. The number of sulfonamides is 1. The van der Waals surface area contributed by atoms with Gasteiger partial charge < -0.3 is 9.84 Å². The number of benzene rings is 2. The SMILES string of the molecule is CC(C)OC(=O)c1ccc(C[C@H]2[C@H](O)c3ccccc3S(=O)(=O)N2Cc2ccncc2)cc1. The van der Waals surface area contributed by atoms with Gasteiger partial charge in [0.1, 0.15) is 0 Å². The van der Waals surface area contributed by atoms with Crippen molar-refractivity contribution in [2.24, 2.45) is 0 Å². The molecule has 1 aromatic heterocycles. The Morgan fingerprint density at radius 3 is 2.36 bits per heavy atom. The van der Waals surface area contributed by atoms with Crippen LogP contribution >= 0.6 is 0 Å². The molecule has 0 aliphatic carbocycles. The summed E-state index contributed by atoms with van der Waals surface area (Å²) in [5.74, 6) is -0.412. The first kappa shape index (κ1) is 23.1. The van der Waals surface area contributed by atoms with Crippen LogP contribution in [0.4, 0.5) is 0 Å². The Morgan fingerprint density at radius 1 is 1.03 bits per heavy atom. The highest BCUT2D eigenvalue weighted by Gasteiger charge is 2.43. The standard InChI is InChI=1S/C25H26N2O5S/c1-17(2)32-25(29)20-9-7-18(8-10-20)15-22-24(28)21-5-3-4-6-23(21)33(30,31)27(22)16-19-11-13-26-14-12-19/h3-14,17,22,24,28H,15-16H2,1-2H3/t22-,24+/m0/s1. The van der Waals surface area contributed by atoms with Gasteiger partial charge in [-0.25, -0.2) is 13.2 Å². The number of carbonyl (C=O) groups excluding carboxylic acids is 1. The molecule has 0 saturated carbocycles. The third-order valence-corrected chi connectivity index (χ3v) is 7.57. The van der Waals surface area contributed by atoms with Crippen LogP contribution in [0.25, 0.3) is 0 Å². The van der Waals surface area contributed by atoms with Gasteiger partial charge in [0, 0.05) is 24.5 Å². The lowest BCUT2D eigenvalue weighted by molar-refractivity contribution is 0.0378. The van der Waals surface area contributed by atoms with E-state index < -0.39 is 28.1 Å². The quantitative estimate of drug-likeness (QED) is 0.559. The van der Waals surface area contributed by atoms with Gasteiger partial charge in [0.2, 0.25) is 10.0 Å². The van der Waals surface area contributed by atoms with Crippen molar-refractivity contribution in [2.45, 2.75) is 50.0 Å². The second-order valence-electron chi connectivity index (χ2n) is 8.31. The molecule has 8 heteroatoms. The van der Waals surface area contributed by atoms with Gasteiger partial charge >= 0.3 is 5.97 Å². The summed E-state index contributed by atoms with van der Waals surface area (Å²) in [7, 11) is -3.84. The highest BCUT2D eigenvalue weighted by molar-refractivity contribution is 7.89. The summed E-state index contributed by atoms with van der Waals surface area (Å²) in [5.41, 5.74) is 2.39. The molecule has 0 saturated heterocycles. The predicted octanol–water partition coefficient (Wildman–Crippen LogP) is 3.50. The van der Waals surface area contributed by atoms with Crippen molar-refractivity contribution < 1.29 is 23.1 Å². The van der Waals surface area contributed by atoms with Gasteiger partial charge in [0.25, 0.3) is 0 Å². The maximum absolute atomic E-state index is 13.5. The van der Waals surface area contributed by atoms with Crippen molar-refractivity contribution in [3.8, 4) is 0 Å². The zero-order valence-corrected chi connectivity index (χ0v) is 19.3. The molecule has 1 aliphatic heterocycles. The molecule has 2 atom stereocenters. The summed E-state index contributed by atoms with van der Waals surface area (Å²) >= 11 is 0. The molecule has 0 spiro atoms. The van der Waals surface area contributed by atoms with Crippen LogP contribution in [-0.4, -0.2) is 40.9 Å². The van der Waals surface area contributed by atoms with E-state index in [0.29, 0.717) is 11.1 Å². The fraction of sp³-hybridized carbons (Fsp3) is 0.280. The number of aromatic nitrogens is 1. The predicted molar refractivity (Wildman–Crippen MR) is 123 cm³/mol. The van der Waals surface area contributed by atoms with Crippen molar-refractivity contribution in [3.05, 3.63) is 95.3 Å². The molecule has 0 radical (unpaired) electrons. The second-order valence-corrected chi connectivity index (χ2v) is 10.2. The average molecular weight is 467 g/mol. The molecule has 172 valence electrons. The van der Waals surface area contributed by atoms with E-state index in [4.69, 9.17) is 4.74 Å². The van der Waals surface area contributed by atoms with Gasteiger partial charge in [-0.05, 0) is 61.7 Å². The lowest BCUT2D eigenvalue weighted by Crippen LogP contribution is -2.48. The van der Waals surface area contributed by atoms with Crippen molar-refractivity contribution >= 4 is 16.0 Å². The Labute approximate surface area is 193 Å². The molecule has 0 unspecified atom stereocenters. The molecule has 1 aliphatic rings. The van der Waals surface area contributed by atoms with Crippen LogP contribution in [-0.2, 0) is 27.7 Å². The Morgan fingerprint density at radius 2 is 1.70 bits per heavy atom. The number of esters is 1. The number of ether oxygens (including phenoxy) is 1. The summed E-state index contributed by atoms with van der Waals surface area (Å²) in [6, 6.07) is 16.2. The van der Waals surface area contributed by atoms with Crippen molar-refractivity contribution in [1.82, 2.24) is 9.29 Å². The normalized spacial score (nSPS) is 19.8. The van der Waals surface area contributed by atoms with E-state index in [-0.39, 0.29) is 24.0 Å². The van der Waals surface area contributed by atoms with Gasteiger partial charge in [-0.1, -0.05) is 30.3 Å². The highest BCUT2D eigenvalue weighted by Crippen LogP contribution is 2.38. The van der Waals surface area contributed by atoms with Gasteiger partial charge in [0.05, 0.1) is 28.7 Å². The number of hydrogen-bond donors (Lipinski definition) is 1. The minimum absolute atomic E-state index is 0.111. The maximum atomic E-state index is 13.5. The number of aliphatic hydroxyl groups is 1. The summed E-state index contributed by atoms with van der Waals surface area (Å²) < 4.78 is 33.7. The van der Waals surface area contributed by atoms with Gasteiger partial charge in [-0.15, -0.1) is 0 Å². The van der Waals surface area contributed by atoms with Crippen LogP contribution in [0.15, 0.2) is 78.0 Å². The molecule has 4 rings (SSSR count). The molecule has 2 heterocycles. The van der Waals surface area contributed by atoms with E-state index in [1.165, 1.54) is 10.4 Å². The largest absolute Gasteiger partial charge is 0.459 e. The van der Waals surface area contributed by atoms with Gasteiger partial charge in [-0.3, -0.25) is 4.98 Å². The first-order valence-corrected chi connectivity index (χ1v) is 12.2. The van der Waals surface area contributed by atoms with E-state index in [2.05, 4.69) is 4.98 Å². The van der Waals surface area contributed by atoms with Crippen LogP contribution in [0.1, 0.15) is 47.0 Å². The molecule has 7 nitrogen and oxygen atoms in total. The van der Waals surface area contributed by atoms with Crippen molar-refractivity contribution in [2.75, 3.05) is 0 Å². The molecule has 1 N–H and O–H groups in total. The van der Waals surface area contributed by atoms with Gasteiger partial charge in [0.15, 0.2) is 0 Å². The van der Waals surface area contributed by atoms with E-state index >= 15 is 0 Å².